The molecule has 9 nitrogen and oxygen atoms in total. The van der Waals surface area contributed by atoms with Gasteiger partial charge in [0.15, 0.2) is 5.57 Å². The Balaban J connectivity index is 2.34. The molecule has 1 aromatic carbocycles. The average Bonchev–Trinajstić information content (AvgIpc) is 2.45. The number of hydrogen-bond acceptors (Lipinski definition) is 8. The Bertz CT molecular complexity index is 730. The Labute approximate surface area is 137 Å². The summed E-state index contributed by atoms with van der Waals surface area (Å²) in [6, 6.07) is 2.72. The number of nitro benzene ring substituents is 1. The fourth-order valence-corrected chi connectivity index (χ4v) is 2.08. The minimum absolute atomic E-state index is 0.133. The third-order valence-electron chi connectivity index (χ3n) is 3.20. The van der Waals surface area contributed by atoms with Crippen LogP contribution in [0.25, 0.3) is 0 Å². The van der Waals surface area contributed by atoms with Gasteiger partial charge in [-0.1, -0.05) is 0 Å². The third kappa shape index (κ3) is 3.45. The standard InChI is InChI=1S/C15H16N2O7/c1-8-5-12(22-4)10(6-11(8)17(20)21)16-7-9-13(18)23-15(2,3)24-14(9)19/h5-7,16H,1-4H3. The SMILES string of the molecule is COc1cc(C)c([N+](=O)[O-])cc1NC=C1C(=O)OC(C)(C)OC1=O. The van der Waals surface area contributed by atoms with Gasteiger partial charge >= 0.3 is 11.9 Å². The monoisotopic (exact) mass is 336 g/mol. The van der Waals surface area contributed by atoms with E-state index in [-0.39, 0.29) is 16.9 Å². The van der Waals surface area contributed by atoms with E-state index in [1.54, 1.807) is 6.92 Å². The van der Waals surface area contributed by atoms with Gasteiger partial charge in [-0.05, 0) is 13.0 Å². The van der Waals surface area contributed by atoms with E-state index in [4.69, 9.17) is 14.2 Å². The van der Waals surface area contributed by atoms with Gasteiger partial charge in [-0.25, -0.2) is 9.59 Å². The maximum absolute atomic E-state index is 11.9. The zero-order valence-electron chi connectivity index (χ0n) is 13.5. The van der Waals surface area contributed by atoms with Crippen LogP contribution in [0.2, 0.25) is 0 Å². The molecule has 1 aliphatic rings. The molecule has 1 fully saturated rings. The molecule has 1 aliphatic heterocycles. The van der Waals surface area contributed by atoms with Crippen molar-refractivity contribution in [2.45, 2.75) is 26.6 Å². The van der Waals surface area contributed by atoms with Gasteiger partial charge in [-0.15, -0.1) is 0 Å². The van der Waals surface area contributed by atoms with Crippen LogP contribution in [0.1, 0.15) is 19.4 Å². The van der Waals surface area contributed by atoms with E-state index in [1.165, 1.54) is 33.1 Å². The molecule has 0 aromatic heterocycles. The van der Waals surface area contributed by atoms with Crippen LogP contribution in [0.15, 0.2) is 23.9 Å². The summed E-state index contributed by atoms with van der Waals surface area (Å²) < 4.78 is 15.0. The number of benzene rings is 1. The number of hydrogen-bond donors (Lipinski definition) is 1. The zero-order chi connectivity index (χ0) is 18.1. The summed E-state index contributed by atoms with van der Waals surface area (Å²) in [5.41, 5.74) is 0.132. The molecule has 0 atom stereocenters. The fourth-order valence-electron chi connectivity index (χ4n) is 2.08. The highest BCUT2D eigenvalue weighted by Gasteiger charge is 2.39. The molecule has 2 rings (SSSR count). The minimum atomic E-state index is -1.34. The van der Waals surface area contributed by atoms with Crippen LogP contribution < -0.4 is 10.1 Å². The Morgan fingerprint density at radius 3 is 2.33 bits per heavy atom. The van der Waals surface area contributed by atoms with Crippen molar-refractivity contribution in [3.05, 3.63) is 39.6 Å². The lowest BCUT2D eigenvalue weighted by Crippen LogP contribution is -2.42. The summed E-state index contributed by atoms with van der Waals surface area (Å²) in [7, 11) is 1.39. The van der Waals surface area contributed by atoms with E-state index in [2.05, 4.69) is 5.32 Å². The molecule has 128 valence electrons. The molecule has 0 aliphatic carbocycles. The van der Waals surface area contributed by atoms with E-state index < -0.39 is 22.6 Å². The number of ether oxygens (including phenoxy) is 3. The largest absolute Gasteiger partial charge is 0.495 e. The van der Waals surface area contributed by atoms with Crippen molar-refractivity contribution >= 4 is 23.3 Å². The Morgan fingerprint density at radius 2 is 1.83 bits per heavy atom. The van der Waals surface area contributed by atoms with Crippen LogP contribution in [0, 0.1) is 17.0 Å². The van der Waals surface area contributed by atoms with Crippen LogP contribution in [-0.2, 0) is 19.1 Å². The van der Waals surface area contributed by atoms with Gasteiger partial charge in [0.2, 0.25) is 0 Å². The van der Waals surface area contributed by atoms with Crippen molar-refractivity contribution in [1.29, 1.82) is 0 Å². The molecule has 0 unspecified atom stereocenters. The maximum Gasteiger partial charge on any atom is 0.350 e. The first-order valence-corrected chi connectivity index (χ1v) is 6.91. The van der Waals surface area contributed by atoms with E-state index in [9.17, 15) is 19.7 Å². The molecule has 0 radical (unpaired) electrons. The molecular weight excluding hydrogens is 320 g/mol. The van der Waals surface area contributed by atoms with E-state index in [0.717, 1.165) is 6.20 Å². The Kier molecular flexibility index (Phi) is 4.45. The smallest absolute Gasteiger partial charge is 0.350 e. The second-order valence-corrected chi connectivity index (χ2v) is 5.48. The van der Waals surface area contributed by atoms with Crippen molar-refractivity contribution in [3.63, 3.8) is 0 Å². The number of carbonyl (C=O) groups excluding carboxylic acids is 2. The summed E-state index contributed by atoms with van der Waals surface area (Å²) in [5.74, 6) is -2.74. The third-order valence-corrected chi connectivity index (χ3v) is 3.20. The second kappa shape index (κ2) is 6.19. The van der Waals surface area contributed by atoms with Crippen LogP contribution in [0.4, 0.5) is 11.4 Å². The van der Waals surface area contributed by atoms with Crippen molar-refractivity contribution in [1.82, 2.24) is 0 Å². The number of anilines is 1. The highest BCUT2D eigenvalue weighted by Crippen LogP contribution is 2.32. The molecule has 1 heterocycles. The number of nitro groups is 1. The summed E-state index contributed by atoms with van der Waals surface area (Å²) in [5, 5.41) is 13.7. The zero-order valence-corrected chi connectivity index (χ0v) is 13.5. The highest BCUT2D eigenvalue weighted by atomic mass is 16.7. The van der Waals surface area contributed by atoms with E-state index in [1.807, 2.05) is 0 Å². The van der Waals surface area contributed by atoms with Crippen molar-refractivity contribution in [2.75, 3.05) is 12.4 Å². The lowest BCUT2D eigenvalue weighted by Gasteiger charge is -2.29. The quantitative estimate of drug-likeness (QED) is 0.292. The summed E-state index contributed by atoms with van der Waals surface area (Å²) in [6.07, 6.45) is 1.07. The number of nitrogens with zero attached hydrogens (tertiary/aromatic N) is 1. The van der Waals surface area contributed by atoms with Gasteiger partial charge in [-0.3, -0.25) is 10.1 Å². The number of rotatable bonds is 4. The van der Waals surface area contributed by atoms with Crippen LogP contribution >= 0.6 is 0 Å². The normalized spacial score (nSPS) is 16.1. The van der Waals surface area contributed by atoms with E-state index in [0.29, 0.717) is 11.3 Å². The lowest BCUT2D eigenvalue weighted by atomic mass is 10.1. The van der Waals surface area contributed by atoms with Crippen molar-refractivity contribution < 1.29 is 28.7 Å². The molecule has 9 heteroatoms. The molecule has 1 saturated heterocycles. The predicted octanol–water partition coefficient (Wildman–Crippen LogP) is 2.04. The van der Waals surface area contributed by atoms with Gasteiger partial charge in [-0.2, -0.15) is 0 Å². The lowest BCUT2D eigenvalue weighted by molar-refractivity contribution is -0.385. The van der Waals surface area contributed by atoms with Crippen molar-refractivity contribution in [3.8, 4) is 5.75 Å². The molecule has 1 N–H and O–H groups in total. The molecule has 0 amide bonds. The number of carbonyl (C=O) groups is 2. The van der Waals surface area contributed by atoms with E-state index >= 15 is 0 Å². The first-order valence-electron chi connectivity index (χ1n) is 6.91. The second-order valence-electron chi connectivity index (χ2n) is 5.48. The summed E-state index contributed by atoms with van der Waals surface area (Å²) in [6.45, 7) is 4.43. The molecule has 1 aromatic rings. The van der Waals surface area contributed by atoms with Gasteiger partial charge < -0.3 is 19.5 Å². The predicted molar refractivity (Wildman–Crippen MR) is 82.4 cm³/mol. The Morgan fingerprint density at radius 1 is 1.25 bits per heavy atom. The molecular formula is C15H16N2O7. The van der Waals surface area contributed by atoms with Crippen LogP contribution in [0.3, 0.4) is 0 Å². The van der Waals surface area contributed by atoms with Gasteiger partial charge in [0.1, 0.15) is 5.75 Å². The number of aryl methyl sites for hydroxylation is 1. The fraction of sp³-hybridized carbons (Fsp3) is 0.333. The van der Waals surface area contributed by atoms with Crippen LogP contribution in [0.5, 0.6) is 5.75 Å². The minimum Gasteiger partial charge on any atom is -0.495 e. The average molecular weight is 336 g/mol. The van der Waals surface area contributed by atoms with Crippen molar-refractivity contribution in [2.24, 2.45) is 0 Å². The molecule has 24 heavy (non-hydrogen) atoms. The summed E-state index contributed by atoms with van der Waals surface area (Å²) >= 11 is 0. The highest BCUT2D eigenvalue weighted by molar-refractivity contribution is 6.15. The van der Waals surface area contributed by atoms with Gasteiger partial charge in [0.25, 0.3) is 11.5 Å². The number of cyclic esters (lactones) is 2. The van der Waals surface area contributed by atoms with Gasteiger partial charge in [0.05, 0.1) is 17.7 Å². The summed E-state index contributed by atoms with van der Waals surface area (Å²) in [4.78, 5) is 34.2. The molecule has 0 saturated carbocycles. The number of nitrogens with one attached hydrogen (secondary N) is 1. The molecule has 0 bridgehead atoms. The Hall–Kier alpha value is -3.10. The molecule has 0 spiro atoms. The number of esters is 2. The topological polar surface area (TPSA) is 117 Å². The maximum atomic E-state index is 11.9. The first-order chi connectivity index (χ1) is 11.1. The van der Waals surface area contributed by atoms with Crippen LogP contribution in [-0.4, -0.2) is 29.8 Å². The number of methoxy groups -OCH3 is 1. The van der Waals surface area contributed by atoms with Gasteiger partial charge in [0, 0.05) is 31.7 Å². The first kappa shape index (κ1) is 17.3.